The van der Waals surface area contributed by atoms with Crippen LogP contribution in [0.1, 0.15) is 18.6 Å². The fraction of sp³-hybridized carbons (Fsp3) is 0.760. The van der Waals surface area contributed by atoms with Crippen LogP contribution in [0.4, 0.5) is 0 Å². The second kappa shape index (κ2) is 11.7. The maximum absolute atomic E-state index is 10.8. The van der Waals surface area contributed by atoms with Crippen LogP contribution in [-0.4, -0.2) is 130 Å². The molecule has 220 valence electrons. The van der Waals surface area contributed by atoms with E-state index in [9.17, 15) is 35.7 Å². The van der Waals surface area contributed by atoms with Gasteiger partial charge in [-0.05, 0) is 24.6 Å². The molecular weight excluding hydrogens is 524 g/mol. The average molecular weight is 561 g/mol. The fourth-order valence-electron chi connectivity index (χ4n) is 5.59. The molecule has 0 unspecified atom stereocenters. The van der Waals surface area contributed by atoms with E-state index in [0.717, 1.165) is 5.56 Å². The normalized spacial score (nSPS) is 46.3. The van der Waals surface area contributed by atoms with E-state index in [2.05, 4.69) is 0 Å². The Hall–Kier alpha value is -1.66. The molecule has 4 aliphatic rings. The van der Waals surface area contributed by atoms with Crippen LogP contribution in [0.3, 0.4) is 0 Å². The molecule has 39 heavy (non-hydrogen) atoms. The molecular formula is C25H36O14. The van der Waals surface area contributed by atoms with Gasteiger partial charge in [-0.1, -0.05) is 6.07 Å². The van der Waals surface area contributed by atoms with Crippen LogP contribution in [0.5, 0.6) is 11.5 Å². The number of aliphatic hydroxyl groups excluding tert-OH is 6. The number of phenolic OH excluding ortho intramolecular Hbond substituents is 1. The molecule has 4 heterocycles. The fourth-order valence-corrected chi connectivity index (χ4v) is 5.59. The number of phenols is 1. The zero-order valence-electron chi connectivity index (χ0n) is 21.4. The molecule has 7 N–H and O–H groups in total. The average Bonchev–Trinajstić information content (AvgIpc) is 3.53. The van der Waals surface area contributed by atoms with Crippen LogP contribution < -0.4 is 4.74 Å². The zero-order chi connectivity index (χ0) is 28.0. The minimum Gasteiger partial charge on any atom is -0.504 e. The molecule has 0 amide bonds. The largest absolute Gasteiger partial charge is 0.504 e. The number of rotatable bonds is 7. The SMILES string of the molecule is COc1cc([C@H]2OC[C@@H]3[C@@H](O[C@@H]4O[C@H](CO)[C@@H](O)[C@H](O)[C@H]4O[C@@H]4O[C@@H](C)[C@H](O)[C@@H](O)[C@H]4O)OC[C@@H]32)ccc1O. The van der Waals surface area contributed by atoms with Gasteiger partial charge in [0.25, 0.3) is 0 Å². The van der Waals surface area contributed by atoms with E-state index < -0.39 is 74.3 Å². The summed E-state index contributed by atoms with van der Waals surface area (Å²) in [5.41, 5.74) is 0.786. The van der Waals surface area contributed by atoms with E-state index in [1.54, 1.807) is 12.1 Å². The maximum atomic E-state index is 10.8. The van der Waals surface area contributed by atoms with Crippen LogP contribution in [0, 0.1) is 11.8 Å². The van der Waals surface area contributed by atoms with E-state index in [1.165, 1.54) is 20.1 Å². The Balaban J connectivity index is 1.31. The number of methoxy groups -OCH3 is 1. The highest BCUT2D eigenvalue weighted by atomic mass is 16.8. The van der Waals surface area contributed by atoms with Gasteiger partial charge in [-0.25, -0.2) is 0 Å². The lowest BCUT2D eigenvalue weighted by molar-refractivity contribution is -0.380. The number of fused-ring (bicyclic) bond motifs is 1. The third-order valence-corrected chi connectivity index (χ3v) is 7.93. The highest BCUT2D eigenvalue weighted by Crippen LogP contribution is 2.47. The second-order valence-electron chi connectivity index (χ2n) is 10.3. The van der Waals surface area contributed by atoms with Gasteiger partial charge in [0.2, 0.25) is 0 Å². The van der Waals surface area contributed by atoms with Gasteiger partial charge in [0.05, 0.1) is 39.1 Å². The van der Waals surface area contributed by atoms with Gasteiger partial charge in [0, 0.05) is 11.8 Å². The molecule has 14 heteroatoms. The van der Waals surface area contributed by atoms with Gasteiger partial charge in [-0.15, -0.1) is 0 Å². The Morgan fingerprint density at radius 1 is 0.821 bits per heavy atom. The van der Waals surface area contributed by atoms with Gasteiger partial charge < -0.3 is 68.9 Å². The van der Waals surface area contributed by atoms with Crippen molar-refractivity contribution in [2.75, 3.05) is 26.9 Å². The number of hydrogen-bond donors (Lipinski definition) is 7. The highest BCUT2D eigenvalue weighted by Gasteiger charge is 2.54. The minimum absolute atomic E-state index is 0.00263. The van der Waals surface area contributed by atoms with E-state index in [4.69, 9.17) is 33.2 Å². The van der Waals surface area contributed by atoms with Gasteiger partial charge in [0.1, 0.15) is 42.7 Å². The first-order valence-corrected chi connectivity index (χ1v) is 12.9. The molecule has 5 rings (SSSR count). The molecule has 4 aliphatic heterocycles. The van der Waals surface area contributed by atoms with Crippen LogP contribution in [0.15, 0.2) is 18.2 Å². The maximum Gasteiger partial charge on any atom is 0.190 e. The third kappa shape index (κ3) is 5.37. The first kappa shape index (κ1) is 28.9. The summed E-state index contributed by atoms with van der Waals surface area (Å²) < 4.78 is 40.2. The number of hydrogen-bond acceptors (Lipinski definition) is 14. The van der Waals surface area contributed by atoms with E-state index in [0.29, 0.717) is 5.75 Å². The summed E-state index contributed by atoms with van der Waals surface area (Å²) in [6, 6.07) is 4.95. The van der Waals surface area contributed by atoms with Crippen molar-refractivity contribution in [2.45, 2.75) is 80.7 Å². The quantitative estimate of drug-likeness (QED) is 0.188. The Kier molecular flexibility index (Phi) is 8.64. The van der Waals surface area contributed by atoms with Crippen molar-refractivity contribution in [2.24, 2.45) is 11.8 Å². The third-order valence-electron chi connectivity index (χ3n) is 7.93. The van der Waals surface area contributed by atoms with Crippen molar-refractivity contribution >= 4 is 0 Å². The van der Waals surface area contributed by atoms with Crippen molar-refractivity contribution in [3.8, 4) is 11.5 Å². The molecule has 14 nitrogen and oxygen atoms in total. The lowest BCUT2D eigenvalue weighted by atomic mass is 9.89. The second-order valence-corrected chi connectivity index (χ2v) is 10.3. The zero-order valence-corrected chi connectivity index (χ0v) is 21.4. The molecule has 0 radical (unpaired) electrons. The molecule has 4 fully saturated rings. The lowest BCUT2D eigenvalue weighted by Gasteiger charge is -2.46. The number of ether oxygens (including phenoxy) is 7. The van der Waals surface area contributed by atoms with E-state index >= 15 is 0 Å². The van der Waals surface area contributed by atoms with E-state index in [1.807, 2.05) is 0 Å². The summed E-state index contributed by atoms with van der Waals surface area (Å²) in [7, 11) is 1.45. The van der Waals surface area contributed by atoms with Gasteiger partial charge in [-0.3, -0.25) is 0 Å². The molecule has 0 saturated carbocycles. The van der Waals surface area contributed by atoms with Crippen LogP contribution in [0.25, 0.3) is 0 Å². The summed E-state index contributed by atoms with van der Waals surface area (Å²) in [5, 5.41) is 71.4. The number of benzene rings is 1. The number of aromatic hydroxyl groups is 1. The monoisotopic (exact) mass is 560 g/mol. The van der Waals surface area contributed by atoms with Crippen LogP contribution in [0.2, 0.25) is 0 Å². The van der Waals surface area contributed by atoms with Gasteiger partial charge in [-0.2, -0.15) is 0 Å². The molecule has 0 spiro atoms. The van der Waals surface area contributed by atoms with E-state index in [-0.39, 0.29) is 36.9 Å². The predicted octanol–water partition coefficient (Wildman–Crippen LogP) is -2.27. The topological polar surface area (TPSA) is 206 Å². The molecule has 0 bridgehead atoms. The molecule has 0 aromatic heterocycles. The molecule has 1 aromatic rings. The Morgan fingerprint density at radius 3 is 2.28 bits per heavy atom. The Bertz CT molecular complexity index is 980. The molecule has 0 aliphatic carbocycles. The molecule has 14 atom stereocenters. The Morgan fingerprint density at radius 2 is 1.56 bits per heavy atom. The first-order chi connectivity index (χ1) is 18.6. The van der Waals surface area contributed by atoms with Crippen molar-refractivity contribution < 1.29 is 68.9 Å². The molecule has 1 aromatic carbocycles. The van der Waals surface area contributed by atoms with Crippen molar-refractivity contribution in [1.29, 1.82) is 0 Å². The molecule has 4 saturated heterocycles. The van der Waals surface area contributed by atoms with Crippen molar-refractivity contribution in [1.82, 2.24) is 0 Å². The van der Waals surface area contributed by atoms with Gasteiger partial charge in [0.15, 0.2) is 30.4 Å². The van der Waals surface area contributed by atoms with Crippen molar-refractivity contribution in [3.63, 3.8) is 0 Å². The minimum atomic E-state index is -1.67. The first-order valence-electron chi connectivity index (χ1n) is 12.9. The number of aliphatic hydroxyl groups is 6. The van der Waals surface area contributed by atoms with Gasteiger partial charge >= 0.3 is 0 Å². The summed E-state index contributed by atoms with van der Waals surface area (Å²) in [5.74, 6) is -0.0761. The summed E-state index contributed by atoms with van der Waals surface area (Å²) in [4.78, 5) is 0. The van der Waals surface area contributed by atoms with Crippen LogP contribution >= 0.6 is 0 Å². The highest BCUT2D eigenvalue weighted by molar-refractivity contribution is 5.42. The van der Waals surface area contributed by atoms with Crippen LogP contribution in [-0.2, 0) is 28.4 Å². The summed E-state index contributed by atoms with van der Waals surface area (Å²) in [6.07, 6.45) is -15.5. The predicted molar refractivity (Wildman–Crippen MR) is 126 cm³/mol. The lowest BCUT2D eigenvalue weighted by Crippen LogP contribution is -2.64. The summed E-state index contributed by atoms with van der Waals surface area (Å²) >= 11 is 0. The summed E-state index contributed by atoms with van der Waals surface area (Å²) in [6.45, 7) is 1.38. The smallest absolute Gasteiger partial charge is 0.190 e. The standard InChI is InChI=1S/C25H36O14/c1-9-16(28)18(30)20(32)24(36-9)38-22-19(31)17(29)15(6-26)37-25(22)39-23-12-8-34-21(11(12)7-35-23)10-3-4-13(27)14(5-10)33-2/h3-5,9,11-12,15-32H,6-8H2,1-2H3/t9-,11-,12-,15+,16-,17+,18+,19-,20+,21+,22+,23+,24-,25-/m0/s1. The van der Waals surface area contributed by atoms with Crippen molar-refractivity contribution in [3.05, 3.63) is 23.8 Å². The Labute approximate surface area is 224 Å².